The number of nitrogens with two attached hydrogens (primary N) is 1. The lowest BCUT2D eigenvalue weighted by Crippen LogP contribution is -2.13. The Bertz CT molecular complexity index is 1400. The zero-order chi connectivity index (χ0) is 26.3. The summed E-state index contributed by atoms with van der Waals surface area (Å²) in [6.45, 7) is 0. The van der Waals surface area contributed by atoms with Crippen LogP contribution in [0.4, 0.5) is 32.6 Å². The number of amides is 1. The minimum absolute atomic E-state index is 0.0129. The molecule has 7 nitrogen and oxygen atoms in total. The quantitative estimate of drug-likeness (QED) is 0.349. The van der Waals surface area contributed by atoms with E-state index in [9.17, 15) is 37.4 Å². The largest absolute Gasteiger partial charge is 0.416 e. The molecule has 3 rings (SSSR count). The number of hydrogen-bond donors (Lipinski definition) is 1. The van der Waals surface area contributed by atoms with Crippen molar-refractivity contribution < 1.29 is 37.4 Å². The highest BCUT2D eigenvalue weighted by Crippen LogP contribution is 3.02. The van der Waals surface area contributed by atoms with E-state index < -0.39 is 50.2 Å². The number of benzene rings is 1. The van der Waals surface area contributed by atoms with E-state index in [-0.39, 0.29) is 34.8 Å². The van der Waals surface area contributed by atoms with Crippen molar-refractivity contribution >= 4 is 27.8 Å². The molecule has 0 saturated heterocycles. The Morgan fingerprint density at radius 3 is 2.17 bits per heavy atom. The van der Waals surface area contributed by atoms with Crippen molar-refractivity contribution in [1.82, 2.24) is 19.9 Å². The van der Waals surface area contributed by atoms with Crippen LogP contribution < -0.4 is 5.73 Å². The van der Waals surface area contributed by atoms with Gasteiger partial charge in [0, 0.05) is 29.7 Å². The fraction of sp³-hybridized carbons (Fsp3) is 0.0526. The van der Waals surface area contributed by atoms with Gasteiger partial charge in [-0.1, -0.05) is 19.4 Å². The lowest BCUT2D eigenvalue weighted by atomic mass is 10.1. The number of hydrogen-bond acceptors (Lipinski definition) is 6. The molecular weight excluding hydrogens is 512 g/mol. The van der Waals surface area contributed by atoms with Gasteiger partial charge in [0.05, 0.1) is 16.8 Å². The molecule has 1 amide bonds. The average Bonchev–Trinajstić information content (AvgIpc) is 2.75. The van der Waals surface area contributed by atoms with Crippen molar-refractivity contribution in [3.05, 3.63) is 65.5 Å². The van der Waals surface area contributed by atoms with Crippen molar-refractivity contribution in [3.8, 4) is 17.5 Å². The van der Waals surface area contributed by atoms with E-state index in [1.807, 2.05) is 0 Å². The van der Waals surface area contributed by atoms with Crippen LogP contribution >= 0.6 is 10.2 Å². The molecule has 0 radical (unpaired) electrons. The van der Waals surface area contributed by atoms with Crippen molar-refractivity contribution in [3.63, 3.8) is 0 Å². The van der Waals surface area contributed by atoms with Gasteiger partial charge in [0.1, 0.15) is 11.0 Å². The Hall–Kier alpha value is -4.13. The first kappa shape index (κ1) is 25.5. The molecule has 16 heteroatoms. The van der Waals surface area contributed by atoms with Crippen LogP contribution in [0.5, 0.6) is 0 Å². The molecule has 2 aromatic heterocycles. The standard InChI is InChI=1S/C19H10F8N6OS/c20-19(21,22)12-3-10(4-14(5-12)35(23,24,25,26)27)18-30-2-1-13(33-18)6-15(17(29)34)11-8-31-16(7-28)32-9-11/h1-6,8-9H,(H2,29,34)/b15-6-. The molecule has 1 aromatic carbocycles. The molecule has 0 bridgehead atoms. The maximum atomic E-state index is 13.3. The first-order valence-electron chi connectivity index (χ1n) is 8.91. The van der Waals surface area contributed by atoms with Crippen molar-refractivity contribution in [1.29, 1.82) is 5.26 Å². The number of rotatable bonds is 5. The monoisotopic (exact) mass is 522 g/mol. The molecule has 3 aromatic rings. The Morgan fingerprint density at radius 2 is 1.66 bits per heavy atom. The predicted molar refractivity (Wildman–Crippen MR) is 108 cm³/mol. The minimum Gasteiger partial charge on any atom is -0.366 e. The highest BCUT2D eigenvalue weighted by atomic mass is 32.5. The van der Waals surface area contributed by atoms with Gasteiger partial charge in [0.15, 0.2) is 5.82 Å². The second-order valence-electron chi connectivity index (χ2n) is 6.85. The van der Waals surface area contributed by atoms with E-state index in [0.717, 1.165) is 30.7 Å². The molecule has 0 unspecified atom stereocenters. The molecule has 0 aliphatic heterocycles. The maximum absolute atomic E-state index is 13.3. The summed E-state index contributed by atoms with van der Waals surface area (Å²) in [5.74, 6) is -2.04. The molecule has 0 spiro atoms. The molecule has 2 heterocycles. The van der Waals surface area contributed by atoms with E-state index in [2.05, 4.69) is 19.9 Å². The third kappa shape index (κ3) is 6.06. The van der Waals surface area contributed by atoms with Gasteiger partial charge in [0.2, 0.25) is 11.7 Å². The van der Waals surface area contributed by atoms with Gasteiger partial charge in [-0.3, -0.25) is 4.79 Å². The number of aromatic nitrogens is 4. The summed E-state index contributed by atoms with van der Waals surface area (Å²) in [7, 11) is -10.5. The van der Waals surface area contributed by atoms with Crippen LogP contribution in [0.1, 0.15) is 22.6 Å². The summed E-state index contributed by atoms with van der Waals surface area (Å²) in [6, 6.07) is 2.06. The van der Waals surface area contributed by atoms with Crippen molar-refractivity contribution in [2.45, 2.75) is 11.1 Å². The summed E-state index contributed by atoms with van der Waals surface area (Å²) in [4.78, 5) is 23.7. The maximum Gasteiger partial charge on any atom is 0.416 e. The lowest BCUT2D eigenvalue weighted by Gasteiger charge is -2.41. The Morgan fingerprint density at radius 1 is 1.03 bits per heavy atom. The van der Waals surface area contributed by atoms with Gasteiger partial charge >= 0.3 is 16.4 Å². The summed E-state index contributed by atoms with van der Waals surface area (Å²) < 4.78 is 106. The number of primary amides is 1. The highest BCUT2D eigenvalue weighted by molar-refractivity contribution is 8.45. The van der Waals surface area contributed by atoms with Crippen LogP contribution in [-0.2, 0) is 11.0 Å². The summed E-state index contributed by atoms with van der Waals surface area (Å²) in [6.07, 6.45) is -1.34. The smallest absolute Gasteiger partial charge is 0.366 e. The highest BCUT2D eigenvalue weighted by Gasteiger charge is 2.66. The van der Waals surface area contributed by atoms with E-state index in [0.29, 0.717) is 0 Å². The van der Waals surface area contributed by atoms with E-state index in [1.54, 1.807) is 6.07 Å². The predicted octanol–water partition coefficient (Wildman–Crippen LogP) is 5.51. The Labute approximate surface area is 190 Å². The zero-order valence-electron chi connectivity index (χ0n) is 16.8. The molecule has 0 saturated carbocycles. The van der Waals surface area contributed by atoms with Gasteiger partial charge in [-0.25, -0.2) is 19.9 Å². The average molecular weight is 522 g/mol. The normalized spacial score (nSPS) is 14.5. The van der Waals surface area contributed by atoms with Crippen LogP contribution in [0.15, 0.2) is 47.8 Å². The number of carbonyl (C=O) groups excluding carboxylic acids is 1. The molecule has 2 N–H and O–H groups in total. The summed E-state index contributed by atoms with van der Waals surface area (Å²) in [5.41, 5.74) is 1.82. The zero-order valence-corrected chi connectivity index (χ0v) is 17.6. The summed E-state index contributed by atoms with van der Waals surface area (Å²) in [5, 5.41) is 8.74. The second-order valence-corrected chi connectivity index (χ2v) is 9.26. The molecule has 184 valence electrons. The molecule has 35 heavy (non-hydrogen) atoms. The number of carbonyl (C=O) groups is 1. The molecule has 0 fully saturated rings. The van der Waals surface area contributed by atoms with Crippen LogP contribution in [-0.4, -0.2) is 25.8 Å². The van der Waals surface area contributed by atoms with Gasteiger partial charge in [-0.2, -0.15) is 18.4 Å². The van der Waals surface area contributed by atoms with Gasteiger partial charge < -0.3 is 5.73 Å². The van der Waals surface area contributed by atoms with Gasteiger partial charge in [-0.05, 0) is 30.3 Å². The SMILES string of the molecule is N#Cc1ncc(/C(=C/c2ccnc(-c3cc(C(F)(F)F)cc(S(F)(F)(F)(F)F)c3)n2)C(N)=O)cn1. The van der Waals surface area contributed by atoms with E-state index in [4.69, 9.17) is 11.0 Å². The van der Waals surface area contributed by atoms with Crippen LogP contribution in [0.2, 0.25) is 0 Å². The van der Waals surface area contributed by atoms with Crippen molar-refractivity contribution in [2.75, 3.05) is 0 Å². The number of alkyl halides is 3. The van der Waals surface area contributed by atoms with Crippen LogP contribution in [0, 0.1) is 11.3 Å². The molecule has 0 aliphatic rings. The van der Waals surface area contributed by atoms with Crippen molar-refractivity contribution in [2.24, 2.45) is 5.73 Å². The van der Waals surface area contributed by atoms with Crippen LogP contribution in [0.25, 0.3) is 23.0 Å². The number of halogens is 8. The number of nitriles is 1. The number of nitrogens with zero attached hydrogens (tertiary/aromatic N) is 5. The topological polar surface area (TPSA) is 118 Å². The van der Waals surface area contributed by atoms with E-state index >= 15 is 0 Å². The lowest BCUT2D eigenvalue weighted by molar-refractivity contribution is -0.137. The summed E-state index contributed by atoms with van der Waals surface area (Å²) >= 11 is 0. The van der Waals surface area contributed by atoms with Gasteiger partial charge in [-0.15, -0.1) is 0 Å². The van der Waals surface area contributed by atoms with Gasteiger partial charge in [0.25, 0.3) is 0 Å². The Kier molecular flexibility index (Phi) is 5.61. The first-order chi connectivity index (χ1) is 15.9. The first-order valence-corrected chi connectivity index (χ1v) is 10.9. The minimum atomic E-state index is -10.5. The third-order valence-electron chi connectivity index (χ3n) is 4.24. The van der Waals surface area contributed by atoms with Crippen LogP contribution in [0.3, 0.4) is 0 Å². The fourth-order valence-corrected chi connectivity index (χ4v) is 3.38. The Balaban J connectivity index is 2.17. The fourth-order valence-electron chi connectivity index (χ4n) is 2.68. The second kappa shape index (κ2) is 7.70. The molecular formula is C19H10F8N6OS. The van der Waals surface area contributed by atoms with E-state index in [1.165, 1.54) is 0 Å². The molecule has 0 aliphatic carbocycles. The third-order valence-corrected chi connectivity index (χ3v) is 5.36. The molecule has 0 atom stereocenters.